The van der Waals surface area contributed by atoms with E-state index in [0.29, 0.717) is 12.2 Å². The van der Waals surface area contributed by atoms with Gasteiger partial charge >= 0.3 is 0 Å². The van der Waals surface area contributed by atoms with Crippen molar-refractivity contribution in [3.8, 4) is 0 Å². The van der Waals surface area contributed by atoms with Gasteiger partial charge in [-0.25, -0.2) is 0 Å². The summed E-state index contributed by atoms with van der Waals surface area (Å²) in [4.78, 5) is 22.1. The average Bonchev–Trinajstić information content (AvgIpc) is 2.85. The van der Waals surface area contributed by atoms with Crippen LogP contribution in [0.3, 0.4) is 0 Å². The van der Waals surface area contributed by atoms with Crippen molar-refractivity contribution in [2.45, 2.75) is 13.3 Å². The van der Waals surface area contributed by atoms with E-state index in [1.807, 2.05) is 6.92 Å². The lowest BCUT2D eigenvalue weighted by Gasteiger charge is -2.05. The smallest absolute Gasteiger partial charge is 0.287 e. The van der Waals surface area contributed by atoms with Gasteiger partial charge in [-0.1, -0.05) is 18.5 Å². The number of halogens is 1. The van der Waals surface area contributed by atoms with Crippen molar-refractivity contribution in [2.75, 3.05) is 5.32 Å². The first kappa shape index (κ1) is 14.0. The SMILES string of the molecule is CCc1cn[nH]c1NC(=O)c1ccc([N+](=O)[O-])c(Cl)c1. The van der Waals surface area contributed by atoms with Crippen molar-refractivity contribution in [1.82, 2.24) is 10.2 Å². The fourth-order valence-electron chi connectivity index (χ4n) is 1.67. The van der Waals surface area contributed by atoms with Crippen LogP contribution in [0.5, 0.6) is 0 Å². The first-order valence-corrected chi connectivity index (χ1v) is 6.18. The van der Waals surface area contributed by atoms with Crippen LogP contribution in [-0.4, -0.2) is 21.0 Å². The molecular formula is C12H11ClN4O3. The second-order valence-corrected chi connectivity index (χ2v) is 4.41. The number of benzene rings is 1. The maximum atomic E-state index is 12.0. The largest absolute Gasteiger partial charge is 0.307 e. The van der Waals surface area contributed by atoms with Crippen molar-refractivity contribution >= 4 is 29.0 Å². The highest BCUT2D eigenvalue weighted by atomic mass is 35.5. The van der Waals surface area contributed by atoms with E-state index in [1.165, 1.54) is 18.2 Å². The highest BCUT2D eigenvalue weighted by molar-refractivity contribution is 6.33. The Balaban J connectivity index is 2.22. The molecule has 0 fully saturated rings. The number of anilines is 1. The fourth-order valence-corrected chi connectivity index (χ4v) is 1.92. The van der Waals surface area contributed by atoms with Gasteiger partial charge in [0.25, 0.3) is 11.6 Å². The Morgan fingerprint density at radius 1 is 1.55 bits per heavy atom. The topological polar surface area (TPSA) is 101 Å². The minimum atomic E-state index is -0.603. The molecule has 0 saturated heterocycles. The number of hydrogen-bond acceptors (Lipinski definition) is 4. The molecule has 0 spiro atoms. The van der Waals surface area contributed by atoms with Gasteiger partial charge in [-0.2, -0.15) is 5.10 Å². The molecule has 1 heterocycles. The molecule has 20 heavy (non-hydrogen) atoms. The summed E-state index contributed by atoms with van der Waals surface area (Å²) in [5, 5.41) is 19.7. The lowest BCUT2D eigenvalue weighted by molar-refractivity contribution is -0.384. The zero-order chi connectivity index (χ0) is 14.7. The van der Waals surface area contributed by atoms with Gasteiger partial charge in [0, 0.05) is 17.2 Å². The lowest BCUT2D eigenvalue weighted by Crippen LogP contribution is -2.13. The molecule has 0 atom stereocenters. The summed E-state index contributed by atoms with van der Waals surface area (Å²) >= 11 is 5.77. The summed E-state index contributed by atoms with van der Waals surface area (Å²) in [5.41, 5.74) is 0.864. The van der Waals surface area contributed by atoms with E-state index in [2.05, 4.69) is 15.5 Å². The van der Waals surface area contributed by atoms with E-state index in [0.717, 1.165) is 5.56 Å². The van der Waals surface area contributed by atoms with Crippen LogP contribution in [0.15, 0.2) is 24.4 Å². The Hall–Kier alpha value is -2.41. The third-order valence-corrected chi connectivity index (χ3v) is 3.05. The van der Waals surface area contributed by atoms with Crippen LogP contribution in [0.1, 0.15) is 22.8 Å². The lowest BCUT2D eigenvalue weighted by atomic mass is 10.2. The number of nitro benzene ring substituents is 1. The van der Waals surface area contributed by atoms with Gasteiger partial charge in [0.1, 0.15) is 10.8 Å². The van der Waals surface area contributed by atoms with Crippen molar-refractivity contribution in [3.05, 3.63) is 50.7 Å². The number of carbonyl (C=O) groups is 1. The summed E-state index contributed by atoms with van der Waals surface area (Å²) < 4.78 is 0. The summed E-state index contributed by atoms with van der Waals surface area (Å²) in [6, 6.07) is 3.81. The van der Waals surface area contributed by atoms with Crippen LogP contribution in [0.25, 0.3) is 0 Å². The van der Waals surface area contributed by atoms with Gasteiger partial charge in [-0.15, -0.1) is 0 Å². The Bertz CT molecular complexity index is 668. The Morgan fingerprint density at radius 2 is 2.30 bits per heavy atom. The van der Waals surface area contributed by atoms with Crippen molar-refractivity contribution in [3.63, 3.8) is 0 Å². The van der Waals surface area contributed by atoms with E-state index in [1.54, 1.807) is 6.20 Å². The minimum absolute atomic E-state index is 0.0806. The van der Waals surface area contributed by atoms with Crippen molar-refractivity contribution in [2.24, 2.45) is 0 Å². The van der Waals surface area contributed by atoms with Crippen LogP contribution in [0, 0.1) is 10.1 Å². The number of aryl methyl sites for hydroxylation is 1. The van der Waals surface area contributed by atoms with E-state index >= 15 is 0 Å². The molecule has 104 valence electrons. The number of aromatic amines is 1. The summed E-state index contributed by atoms with van der Waals surface area (Å²) in [6.07, 6.45) is 2.34. The standard InChI is InChI=1S/C12H11ClN4O3/c1-2-7-6-14-16-11(7)15-12(18)8-3-4-10(17(19)20)9(13)5-8/h3-6H,2H2,1H3,(H2,14,15,16,18). The van der Waals surface area contributed by atoms with Crippen LogP contribution in [0.2, 0.25) is 5.02 Å². The Kier molecular flexibility index (Phi) is 3.99. The van der Waals surface area contributed by atoms with Gasteiger partial charge < -0.3 is 5.32 Å². The number of nitro groups is 1. The third-order valence-electron chi connectivity index (χ3n) is 2.74. The van der Waals surface area contributed by atoms with Gasteiger partial charge in [-0.05, 0) is 18.6 Å². The molecule has 0 aliphatic carbocycles. The normalized spacial score (nSPS) is 10.3. The van der Waals surface area contributed by atoms with E-state index in [-0.39, 0.29) is 16.3 Å². The molecule has 0 bridgehead atoms. The number of H-pyrrole nitrogens is 1. The van der Waals surface area contributed by atoms with Gasteiger partial charge in [-0.3, -0.25) is 20.0 Å². The maximum Gasteiger partial charge on any atom is 0.287 e. The molecule has 2 aromatic rings. The number of carbonyl (C=O) groups excluding carboxylic acids is 1. The summed E-state index contributed by atoms with van der Waals surface area (Å²) in [7, 11) is 0. The predicted molar refractivity (Wildman–Crippen MR) is 74.0 cm³/mol. The third kappa shape index (κ3) is 2.77. The Morgan fingerprint density at radius 3 is 2.90 bits per heavy atom. The Labute approximate surface area is 119 Å². The quantitative estimate of drug-likeness (QED) is 0.668. The molecule has 0 saturated carbocycles. The van der Waals surface area contributed by atoms with Crippen LogP contribution in [0.4, 0.5) is 11.5 Å². The molecule has 0 unspecified atom stereocenters. The zero-order valence-corrected chi connectivity index (χ0v) is 11.3. The maximum absolute atomic E-state index is 12.0. The van der Waals surface area contributed by atoms with Gasteiger partial charge in [0.15, 0.2) is 0 Å². The van der Waals surface area contributed by atoms with Gasteiger partial charge in [0.05, 0.1) is 11.1 Å². The molecule has 1 amide bonds. The highest BCUT2D eigenvalue weighted by Gasteiger charge is 2.16. The van der Waals surface area contributed by atoms with Crippen LogP contribution >= 0.6 is 11.6 Å². The highest BCUT2D eigenvalue weighted by Crippen LogP contribution is 2.25. The number of aromatic nitrogens is 2. The number of nitrogens with zero attached hydrogens (tertiary/aromatic N) is 2. The van der Waals surface area contributed by atoms with Crippen LogP contribution in [-0.2, 0) is 6.42 Å². The number of rotatable bonds is 4. The second-order valence-electron chi connectivity index (χ2n) is 4.00. The number of nitrogens with one attached hydrogen (secondary N) is 2. The van der Waals surface area contributed by atoms with Crippen molar-refractivity contribution < 1.29 is 9.72 Å². The van der Waals surface area contributed by atoms with Gasteiger partial charge in [0.2, 0.25) is 0 Å². The first-order chi connectivity index (χ1) is 9.52. The first-order valence-electron chi connectivity index (χ1n) is 5.80. The van der Waals surface area contributed by atoms with Crippen molar-refractivity contribution in [1.29, 1.82) is 0 Å². The number of amides is 1. The fraction of sp³-hybridized carbons (Fsp3) is 0.167. The monoisotopic (exact) mass is 294 g/mol. The molecule has 2 N–H and O–H groups in total. The van der Waals surface area contributed by atoms with E-state index < -0.39 is 10.8 Å². The molecule has 2 rings (SSSR count). The van der Waals surface area contributed by atoms with Crippen LogP contribution < -0.4 is 5.32 Å². The minimum Gasteiger partial charge on any atom is -0.307 e. The van der Waals surface area contributed by atoms with E-state index in [9.17, 15) is 14.9 Å². The number of hydrogen-bond donors (Lipinski definition) is 2. The summed E-state index contributed by atoms with van der Waals surface area (Å²) in [5.74, 6) is 0.0905. The molecule has 8 heteroatoms. The predicted octanol–water partition coefficient (Wildman–Crippen LogP) is 2.79. The molecule has 0 radical (unpaired) electrons. The zero-order valence-electron chi connectivity index (χ0n) is 10.5. The molecular weight excluding hydrogens is 284 g/mol. The molecule has 0 aliphatic heterocycles. The van der Waals surface area contributed by atoms with E-state index in [4.69, 9.17) is 11.6 Å². The average molecular weight is 295 g/mol. The summed E-state index contributed by atoms with van der Waals surface area (Å²) in [6.45, 7) is 1.93. The molecule has 0 aliphatic rings. The second kappa shape index (κ2) is 5.70. The molecule has 1 aromatic carbocycles. The molecule has 7 nitrogen and oxygen atoms in total. The molecule has 1 aromatic heterocycles.